The van der Waals surface area contributed by atoms with Crippen LogP contribution in [0.1, 0.15) is 17.2 Å². The molecule has 0 amide bonds. The number of hydrogen-bond acceptors (Lipinski definition) is 4. The highest BCUT2D eigenvalue weighted by atomic mass is 35.5. The maximum atomic E-state index is 12.7. The zero-order valence-corrected chi connectivity index (χ0v) is 17.9. The van der Waals surface area contributed by atoms with Crippen molar-refractivity contribution in [2.75, 3.05) is 39.1 Å². The molecule has 3 rings (SSSR count). The van der Waals surface area contributed by atoms with E-state index in [9.17, 15) is 8.42 Å². The molecule has 146 valence electrons. The zero-order chi connectivity index (χ0) is 19.8. The van der Waals surface area contributed by atoms with Gasteiger partial charge in [0.2, 0.25) is 10.0 Å². The topological polar surface area (TPSA) is 52.7 Å². The van der Waals surface area contributed by atoms with Gasteiger partial charge in [-0.3, -0.25) is 0 Å². The molecule has 2 aromatic rings. The Bertz CT molecular complexity index is 948. The fourth-order valence-corrected chi connectivity index (χ4v) is 5.14. The third-order valence-electron chi connectivity index (χ3n) is 4.89. The Morgan fingerprint density at radius 3 is 2.63 bits per heavy atom. The van der Waals surface area contributed by atoms with E-state index in [0.717, 1.165) is 18.5 Å². The predicted octanol–water partition coefficient (Wildman–Crippen LogP) is 3.57. The lowest BCUT2D eigenvalue weighted by Crippen LogP contribution is -2.34. The summed E-state index contributed by atoms with van der Waals surface area (Å²) in [7, 11) is 2.18. The fraction of sp³-hybridized carbons (Fsp3) is 0.368. The molecular weight excluding hydrogens is 405 g/mol. The minimum atomic E-state index is -3.77. The molecule has 8 heteroatoms. The average Bonchev–Trinajstić information content (AvgIpc) is 2.97. The minimum Gasteiger partial charge on any atom is -0.374 e. The van der Waals surface area contributed by atoms with E-state index >= 15 is 0 Å². The van der Waals surface area contributed by atoms with E-state index in [-0.39, 0.29) is 22.5 Å². The first-order valence-corrected chi connectivity index (χ1v) is 10.9. The number of nitrogens with zero attached hydrogens (tertiary/aromatic N) is 2. The molecular formula is C19H23Cl2N3O2S. The van der Waals surface area contributed by atoms with Gasteiger partial charge in [-0.15, -0.1) is 0 Å². The Morgan fingerprint density at radius 2 is 1.93 bits per heavy atom. The van der Waals surface area contributed by atoms with Crippen LogP contribution in [-0.4, -0.2) is 47.6 Å². The van der Waals surface area contributed by atoms with Crippen molar-refractivity contribution >= 4 is 38.9 Å². The van der Waals surface area contributed by atoms with Crippen LogP contribution >= 0.6 is 23.2 Å². The number of halogens is 2. The Morgan fingerprint density at radius 1 is 1.19 bits per heavy atom. The lowest BCUT2D eigenvalue weighted by molar-refractivity contribution is 0.299. The second-order valence-corrected chi connectivity index (χ2v) is 9.54. The van der Waals surface area contributed by atoms with Gasteiger partial charge in [-0.25, -0.2) is 13.1 Å². The predicted molar refractivity (Wildman–Crippen MR) is 111 cm³/mol. The Labute approximate surface area is 170 Å². The normalized spacial score (nSPS) is 15.3. The van der Waals surface area contributed by atoms with Crippen molar-refractivity contribution in [1.29, 1.82) is 0 Å². The van der Waals surface area contributed by atoms with Crippen LogP contribution in [0.15, 0.2) is 41.3 Å². The third kappa shape index (κ3) is 4.41. The summed E-state index contributed by atoms with van der Waals surface area (Å²) in [4.78, 5) is 4.22. The van der Waals surface area contributed by atoms with E-state index in [0.29, 0.717) is 5.02 Å². The molecule has 0 radical (unpaired) electrons. The van der Waals surface area contributed by atoms with Gasteiger partial charge in [0, 0.05) is 36.9 Å². The molecule has 0 aromatic heterocycles. The molecule has 0 saturated carbocycles. The van der Waals surface area contributed by atoms with Crippen molar-refractivity contribution in [3.63, 3.8) is 0 Å². The Balaban J connectivity index is 1.82. The number of benzene rings is 2. The van der Waals surface area contributed by atoms with Gasteiger partial charge in [-0.05, 0) is 55.9 Å². The van der Waals surface area contributed by atoms with Crippen molar-refractivity contribution in [2.24, 2.45) is 0 Å². The molecule has 5 nitrogen and oxygen atoms in total. The molecule has 27 heavy (non-hydrogen) atoms. The summed E-state index contributed by atoms with van der Waals surface area (Å²) in [6, 6.07) is 10.6. The van der Waals surface area contributed by atoms with Crippen molar-refractivity contribution in [1.82, 2.24) is 9.62 Å². The van der Waals surface area contributed by atoms with E-state index in [1.165, 1.54) is 23.4 Å². The molecule has 2 aromatic carbocycles. The van der Waals surface area contributed by atoms with Crippen LogP contribution in [0.4, 0.5) is 5.69 Å². The van der Waals surface area contributed by atoms with Crippen LogP contribution in [0.3, 0.4) is 0 Å². The molecule has 1 aliphatic rings. The third-order valence-corrected chi connectivity index (χ3v) is 7.03. The van der Waals surface area contributed by atoms with Crippen molar-refractivity contribution in [3.05, 3.63) is 57.6 Å². The van der Waals surface area contributed by atoms with Crippen LogP contribution in [0.2, 0.25) is 10.0 Å². The first-order chi connectivity index (χ1) is 12.7. The summed E-state index contributed by atoms with van der Waals surface area (Å²) >= 11 is 12.0. The van der Waals surface area contributed by atoms with E-state index in [1.54, 1.807) is 6.07 Å². The number of rotatable bonds is 6. The molecule has 1 atom stereocenters. The van der Waals surface area contributed by atoms with E-state index in [4.69, 9.17) is 23.2 Å². The molecule has 1 heterocycles. The number of likely N-dealkylation sites (N-methyl/N-ethyl adjacent to an activating group) is 2. The van der Waals surface area contributed by atoms with Gasteiger partial charge in [0.05, 0.1) is 5.02 Å². The molecule has 0 bridgehead atoms. The minimum absolute atomic E-state index is 0.00949. The Kier molecular flexibility index (Phi) is 6.03. The fourth-order valence-electron chi connectivity index (χ4n) is 3.34. The van der Waals surface area contributed by atoms with Gasteiger partial charge in [0.15, 0.2) is 0 Å². The van der Waals surface area contributed by atoms with E-state index in [2.05, 4.69) is 34.9 Å². The second-order valence-electron chi connectivity index (χ2n) is 6.97. The maximum absolute atomic E-state index is 12.7. The highest BCUT2D eigenvalue weighted by Gasteiger charge is 2.24. The van der Waals surface area contributed by atoms with Crippen LogP contribution in [-0.2, 0) is 16.4 Å². The SMILES string of the molecule is CN1CCc2cc(C(CNS(=O)(=O)c3cc(Cl)ccc3Cl)N(C)C)ccc21. The van der Waals surface area contributed by atoms with E-state index in [1.807, 2.05) is 19.0 Å². The molecule has 1 aliphatic heterocycles. The van der Waals surface area contributed by atoms with Gasteiger partial charge >= 0.3 is 0 Å². The maximum Gasteiger partial charge on any atom is 0.242 e. The molecule has 0 aliphatic carbocycles. The van der Waals surface area contributed by atoms with Crippen LogP contribution < -0.4 is 9.62 Å². The molecule has 0 saturated heterocycles. The quantitative estimate of drug-likeness (QED) is 0.765. The highest BCUT2D eigenvalue weighted by Crippen LogP contribution is 2.31. The summed E-state index contributed by atoms with van der Waals surface area (Å²) in [6.07, 6.45) is 1.00. The monoisotopic (exact) mass is 427 g/mol. The first-order valence-electron chi connectivity index (χ1n) is 8.64. The molecule has 0 spiro atoms. The summed E-state index contributed by atoms with van der Waals surface area (Å²) in [5, 5.41) is 0.473. The summed E-state index contributed by atoms with van der Waals surface area (Å²) in [6.45, 7) is 1.23. The first kappa shape index (κ1) is 20.4. The molecule has 0 fully saturated rings. The molecule has 1 unspecified atom stereocenters. The van der Waals surface area contributed by atoms with Crippen LogP contribution in [0.5, 0.6) is 0 Å². The summed E-state index contributed by atoms with van der Waals surface area (Å²) < 4.78 is 28.1. The number of hydrogen-bond donors (Lipinski definition) is 1. The summed E-state index contributed by atoms with van der Waals surface area (Å²) in [5.41, 5.74) is 3.61. The Hall–Kier alpha value is -1.31. The number of nitrogens with one attached hydrogen (secondary N) is 1. The van der Waals surface area contributed by atoms with Gasteiger partial charge in [0.1, 0.15) is 4.90 Å². The second kappa shape index (κ2) is 7.97. The van der Waals surface area contributed by atoms with Crippen LogP contribution in [0, 0.1) is 0 Å². The van der Waals surface area contributed by atoms with Crippen molar-refractivity contribution in [2.45, 2.75) is 17.4 Å². The van der Waals surface area contributed by atoms with Crippen molar-refractivity contribution < 1.29 is 8.42 Å². The number of fused-ring (bicyclic) bond motifs is 1. The lowest BCUT2D eigenvalue weighted by atomic mass is 10.0. The zero-order valence-electron chi connectivity index (χ0n) is 15.5. The highest BCUT2D eigenvalue weighted by molar-refractivity contribution is 7.89. The standard InChI is InChI=1S/C19H23Cl2N3O2S/c1-23(2)18(13-4-7-17-14(10-13)8-9-24(17)3)12-22-27(25,26)19-11-15(20)5-6-16(19)21/h4-7,10-11,18,22H,8-9,12H2,1-3H3. The lowest BCUT2D eigenvalue weighted by Gasteiger charge is -2.26. The van der Waals surface area contributed by atoms with Gasteiger partial charge in [-0.1, -0.05) is 35.3 Å². The summed E-state index contributed by atoms with van der Waals surface area (Å²) in [5.74, 6) is 0. The number of anilines is 1. The van der Waals surface area contributed by atoms with Gasteiger partial charge in [-0.2, -0.15) is 0 Å². The number of sulfonamides is 1. The van der Waals surface area contributed by atoms with Gasteiger partial charge in [0.25, 0.3) is 0 Å². The average molecular weight is 428 g/mol. The largest absolute Gasteiger partial charge is 0.374 e. The van der Waals surface area contributed by atoms with E-state index < -0.39 is 10.0 Å². The molecule has 1 N–H and O–H groups in total. The van der Waals surface area contributed by atoms with Crippen molar-refractivity contribution in [3.8, 4) is 0 Å². The smallest absolute Gasteiger partial charge is 0.242 e. The van der Waals surface area contributed by atoms with Gasteiger partial charge < -0.3 is 9.80 Å². The van der Waals surface area contributed by atoms with Crippen LogP contribution in [0.25, 0.3) is 0 Å².